The molecular weight excluding hydrogens is 666 g/mol. The van der Waals surface area contributed by atoms with Gasteiger partial charge in [-0.3, -0.25) is 9.36 Å². The van der Waals surface area contributed by atoms with Crippen LogP contribution in [0.15, 0.2) is 86.2 Å². The number of hydrogen-bond acceptors (Lipinski definition) is 8. The molecule has 44 heavy (non-hydrogen) atoms. The second-order valence-electron chi connectivity index (χ2n) is 10.2. The molecule has 5 rings (SSSR count). The molecule has 1 aliphatic heterocycles. The first-order valence-electron chi connectivity index (χ1n) is 13.8. The van der Waals surface area contributed by atoms with E-state index >= 15 is 0 Å². The Morgan fingerprint density at radius 1 is 1.16 bits per heavy atom. The van der Waals surface area contributed by atoms with Gasteiger partial charge in [0.25, 0.3) is 5.56 Å². The molecule has 1 atom stereocenters. The largest absolute Gasteiger partial charge is 0.493 e. The van der Waals surface area contributed by atoms with Gasteiger partial charge in [-0.15, -0.1) is 0 Å². The lowest BCUT2D eigenvalue weighted by Gasteiger charge is -2.25. The molecule has 11 heteroatoms. The van der Waals surface area contributed by atoms with Gasteiger partial charge in [0.15, 0.2) is 16.3 Å². The highest BCUT2D eigenvalue weighted by molar-refractivity contribution is 9.10. The molecule has 1 aromatic heterocycles. The fraction of sp³-hybridized carbons (Fsp3) is 0.242. The Labute approximate surface area is 272 Å². The number of carbonyl (C=O) groups excluding carboxylic acids is 1. The standard InChI is InChI=1S/C33H31BrClN3O5S/c1-6-42-32(40)28-19(2)36-33-38(29(28)21-11-13-23(14-12-21)37(3)4)31(39)27(44-33)17-20-15-24(34)30(26(16-20)41-5)43-18-22-9-7-8-10-25(22)35/h7-17,29H,6,18H2,1-5H3/b27-17+/t29-/m0/s1. The van der Waals surface area contributed by atoms with Gasteiger partial charge in [-0.05, 0) is 77.3 Å². The maximum Gasteiger partial charge on any atom is 0.338 e. The van der Waals surface area contributed by atoms with E-state index in [1.165, 1.54) is 11.3 Å². The number of ether oxygens (including phenoxy) is 3. The second kappa shape index (κ2) is 13.4. The number of allylic oxidation sites excluding steroid dienone is 1. The van der Waals surface area contributed by atoms with Crippen LogP contribution in [-0.2, 0) is 16.1 Å². The molecule has 1 aliphatic rings. The summed E-state index contributed by atoms with van der Waals surface area (Å²) in [7, 11) is 5.47. The Hall–Kier alpha value is -3.86. The third-order valence-corrected chi connectivity index (χ3v) is 9.06. The summed E-state index contributed by atoms with van der Waals surface area (Å²) in [5.41, 5.74) is 3.94. The molecule has 8 nitrogen and oxygen atoms in total. The van der Waals surface area contributed by atoms with E-state index in [9.17, 15) is 9.59 Å². The first-order valence-corrected chi connectivity index (χ1v) is 15.8. The Kier molecular flexibility index (Phi) is 9.62. The van der Waals surface area contributed by atoms with E-state index < -0.39 is 12.0 Å². The van der Waals surface area contributed by atoms with Crippen molar-refractivity contribution in [2.24, 2.45) is 4.99 Å². The van der Waals surface area contributed by atoms with Crippen LogP contribution in [-0.4, -0.2) is 38.3 Å². The number of rotatable bonds is 9. The molecule has 0 N–H and O–H groups in total. The lowest BCUT2D eigenvalue weighted by Crippen LogP contribution is -2.39. The lowest BCUT2D eigenvalue weighted by atomic mass is 9.95. The number of aromatic nitrogens is 1. The molecule has 2 heterocycles. The fourth-order valence-corrected chi connectivity index (χ4v) is 6.75. The van der Waals surface area contributed by atoms with Crippen molar-refractivity contribution in [1.29, 1.82) is 0 Å². The van der Waals surface area contributed by atoms with E-state index in [2.05, 4.69) is 20.9 Å². The van der Waals surface area contributed by atoms with Crippen molar-refractivity contribution in [3.8, 4) is 11.5 Å². The van der Waals surface area contributed by atoms with Crippen LogP contribution in [0.5, 0.6) is 11.5 Å². The van der Waals surface area contributed by atoms with Crippen molar-refractivity contribution in [3.63, 3.8) is 0 Å². The molecule has 0 amide bonds. The summed E-state index contributed by atoms with van der Waals surface area (Å²) < 4.78 is 19.8. The van der Waals surface area contributed by atoms with Crippen LogP contribution in [0.25, 0.3) is 6.08 Å². The number of hydrogen-bond donors (Lipinski definition) is 0. The van der Waals surface area contributed by atoms with E-state index in [-0.39, 0.29) is 18.8 Å². The summed E-state index contributed by atoms with van der Waals surface area (Å²) in [6, 6.07) is 18.2. The average molecular weight is 697 g/mol. The van der Waals surface area contributed by atoms with E-state index in [1.54, 1.807) is 37.7 Å². The second-order valence-corrected chi connectivity index (χ2v) is 12.5. The van der Waals surface area contributed by atoms with Crippen LogP contribution in [0.1, 0.15) is 36.6 Å². The number of fused-ring (bicyclic) bond motifs is 1. The number of halogens is 2. The van der Waals surface area contributed by atoms with Gasteiger partial charge in [-0.25, -0.2) is 9.79 Å². The third-order valence-electron chi connectivity index (χ3n) is 7.12. The molecule has 0 unspecified atom stereocenters. The maximum absolute atomic E-state index is 14.0. The molecule has 0 saturated heterocycles. The van der Waals surface area contributed by atoms with Gasteiger partial charge in [0.05, 0.1) is 40.0 Å². The summed E-state index contributed by atoms with van der Waals surface area (Å²) in [5.74, 6) is 0.511. The third kappa shape index (κ3) is 6.33. The highest BCUT2D eigenvalue weighted by Gasteiger charge is 2.33. The van der Waals surface area contributed by atoms with Crippen molar-refractivity contribution < 1.29 is 19.0 Å². The zero-order valence-corrected chi connectivity index (χ0v) is 28.0. The van der Waals surface area contributed by atoms with Gasteiger partial charge < -0.3 is 19.1 Å². The van der Waals surface area contributed by atoms with E-state index in [4.69, 9.17) is 25.8 Å². The average Bonchev–Trinajstić information content (AvgIpc) is 3.30. The molecule has 0 radical (unpaired) electrons. The number of esters is 1. The van der Waals surface area contributed by atoms with Crippen molar-refractivity contribution in [2.75, 3.05) is 32.7 Å². The number of carbonyl (C=O) groups is 1. The molecule has 0 aliphatic carbocycles. The summed E-state index contributed by atoms with van der Waals surface area (Å²) in [6.07, 6.45) is 1.78. The molecule has 0 spiro atoms. The number of thiazole rings is 1. The van der Waals surface area contributed by atoms with E-state index in [1.807, 2.05) is 73.6 Å². The molecule has 0 fully saturated rings. The Morgan fingerprint density at radius 2 is 1.89 bits per heavy atom. The van der Waals surface area contributed by atoms with Crippen LogP contribution in [0.2, 0.25) is 5.02 Å². The minimum Gasteiger partial charge on any atom is -0.493 e. The smallest absolute Gasteiger partial charge is 0.338 e. The lowest BCUT2D eigenvalue weighted by molar-refractivity contribution is -0.139. The van der Waals surface area contributed by atoms with Gasteiger partial charge in [-0.1, -0.05) is 53.3 Å². The number of methoxy groups -OCH3 is 1. The summed E-state index contributed by atoms with van der Waals surface area (Å²) in [6.45, 7) is 3.99. The van der Waals surface area contributed by atoms with Crippen LogP contribution in [0, 0.1) is 0 Å². The number of anilines is 1. The van der Waals surface area contributed by atoms with Crippen molar-refractivity contribution in [3.05, 3.63) is 118 Å². The Bertz CT molecular complexity index is 1930. The van der Waals surface area contributed by atoms with Crippen molar-refractivity contribution >= 4 is 56.6 Å². The minimum absolute atomic E-state index is 0.209. The predicted molar refractivity (Wildman–Crippen MR) is 178 cm³/mol. The Morgan fingerprint density at radius 3 is 2.55 bits per heavy atom. The quantitative estimate of drug-likeness (QED) is 0.204. The first-order chi connectivity index (χ1) is 21.1. The van der Waals surface area contributed by atoms with Gasteiger partial charge in [0.1, 0.15) is 6.61 Å². The Balaban J connectivity index is 1.58. The molecule has 4 aromatic rings. The normalized spacial score (nSPS) is 14.6. The molecule has 228 valence electrons. The van der Waals surface area contributed by atoms with Crippen LogP contribution >= 0.6 is 38.9 Å². The molecule has 0 saturated carbocycles. The van der Waals surface area contributed by atoms with Crippen molar-refractivity contribution in [1.82, 2.24) is 4.57 Å². The van der Waals surface area contributed by atoms with Gasteiger partial charge in [-0.2, -0.15) is 0 Å². The zero-order valence-electron chi connectivity index (χ0n) is 24.9. The molecular formula is C33H31BrClN3O5S. The monoisotopic (exact) mass is 695 g/mol. The maximum atomic E-state index is 14.0. The van der Waals surface area contributed by atoms with Gasteiger partial charge >= 0.3 is 5.97 Å². The van der Waals surface area contributed by atoms with Crippen LogP contribution in [0.4, 0.5) is 5.69 Å². The van der Waals surface area contributed by atoms with Crippen LogP contribution < -0.4 is 29.3 Å². The van der Waals surface area contributed by atoms with E-state index in [0.29, 0.717) is 41.6 Å². The minimum atomic E-state index is -0.689. The topological polar surface area (TPSA) is 82.4 Å². The van der Waals surface area contributed by atoms with Gasteiger partial charge in [0, 0.05) is 30.4 Å². The molecule has 3 aromatic carbocycles. The highest BCUT2D eigenvalue weighted by Crippen LogP contribution is 2.38. The fourth-order valence-electron chi connectivity index (χ4n) is 4.94. The summed E-state index contributed by atoms with van der Waals surface area (Å²) in [5, 5.41) is 0.614. The number of benzene rings is 3. The van der Waals surface area contributed by atoms with Crippen LogP contribution in [0.3, 0.4) is 0 Å². The summed E-state index contributed by atoms with van der Waals surface area (Å²) >= 11 is 11.2. The van der Waals surface area contributed by atoms with E-state index in [0.717, 1.165) is 22.4 Å². The predicted octanol–water partition coefficient (Wildman–Crippen LogP) is 5.87. The van der Waals surface area contributed by atoms with Crippen molar-refractivity contribution in [2.45, 2.75) is 26.5 Å². The molecule has 0 bridgehead atoms. The number of nitrogens with zero attached hydrogens (tertiary/aromatic N) is 3. The summed E-state index contributed by atoms with van der Waals surface area (Å²) in [4.78, 5) is 34.4. The van der Waals surface area contributed by atoms with Gasteiger partial charge in [0.2, 0.25) is 0 Å². The first kappa shape index (κ1) is 31.6. The highest BCUT2D eigenvalue weighted by atomic mass is 79.9. The zero-order chi connectivity index (χ0) is 31.5. The SMILES string of the molecule is CCOC(=O)C1=C(C)N=c2s/c(=C/c3cc(Br)c(OCc4ccccc4Cl)c(OC)c3)c(=O)n2[C@H]1c1ccc(N(C)C)cc1.